The van der Waals surface area contributed by atoms with E-state index < -0.39 is 23.8 Å². The number of carbonyl (C=O) groups is 1. The zero-order chi connectivity index (χ0) is 26.2. The van der Waals surface area contributed by atoms with Crippen molar-refractivity contribution in [3.63, 3.8) is 0 Å². The van der Waals surface area contributed by atoms with Crippen LogP contribution in [-0.2, 0) is 6.18 Å². The highest BCUT2D eigenvalue weighted by Gasteiger charge is 2.33. The van der Waals surface area contributed by atoms with Gasteiger partial charge >= 0.3 is 6.18 Å². The van der Waals surface area contributed by atoms with E-state index in [1.165, 1.54) is 35.5 Å². The smallest absolute Gasteiger partial charge is 0.416 e. The first-order valence-corrected chi connectivity index (χ1v) is 11.7. The van der Waals surface area contributed by atoms with Gasteiger partial charge in [0.05, 0.1) is 17.1 Å². The SMILES string of the molecule is O=C(Nc1cc(N2CC[C@@H](F)C2)cc(C(F)(F)F)c1)c1ccc(Cl)c(Oc2ncnc3c2OCCN3)c1. The molecule has 1 amide bonds. The molecule has 0 saturated carbocycles. The van der Waals surface area contributed by atoms with E-state index in [4.69, 9.17) is 21.1 Å². The second-order valence-corrected chi connectivity index (χ2v) is 8.84. The number of nitrogens with zero attached hydrogens (tertiary/aromatic N) is 3. The molecule has 2 N–H and O–H groups in total. The minimum absolute atomic E-state index is 0.0153. The number of amides is 1. The van der Waals surface area contributed by atoms with Gasteiger partial charge in [0.25, 0.3) is 11.8 Å². The highest BCUT2D eigenvalue weighted by atomic mass is 35.5. The molecule has 13 heteroatoms. The number of fused-ring (bicyclic) bond motifs is 1. The third-order valence-electron chi connectivity index (χ3n) is 5.81. The van der Waals surface area contributed by atoms with Crippen LogP contribution in [0.3, 0.4) is 0 Å². The van der Waals surface area contributed by atoms with E-state index in [1.54, 1.807) is 0 Å². The molecule has 2 aliphatic rings. The molecule has 0 spiro atoms. The molecular formula is C24H20ClF4N5O3. The number of ether oxygens (including phenoxy) is 2. The van der Waals surface area contributed by atoms with E-state index in [9.17, 15) is 22.4 Å². The Balaban J connectivity index is 1.40. The van der Waals surface area contributed by atoms with Gasteiger partial charge in [-0.1, -0.05) is 11.6 Å². The number of hydrogen-bond acceptors (Lipinski definition) is 7. The van der Waals surface area contributed by atoms with E-state index in [2.05, 4.69) is 20.6 Å². The fourth-order valence-electron chi connectivity index (χ4n) is 4.02. The van der Waals surface area contributed by atoms with Gasteiger partial charge in [-0.2, -0.15) is 18.2 Å². The van der Waals surface area contributed by atoms with Crippen molar-refractivity contribution in [3.05, 3.63) is 58.9 Å². The number of nitrogens with one attached hydrogen (secondary N) is 2. The van der Waals surface area contributed by atoms with Gasteiger partial charge in [-0.25, -0.2) is 9.37 Å². The summed E-state index contributed by atoms with van der Waals surface area (Å²) < 4.78 is 65.6. The van der Waals surface area contributed by atoms with Crippen molar-refractivity contribution in [2.24, 2.45) is 0 Å². The van der Waals surface area contributed by atoms with Crippen LogP contribution >= 0.6 is 11.6 Å². The number of benzene rings is 2. The van der Waals surface area contributed by atoms with Crippen molar-refractivity contribution in [2.75, 3.05) is 41.8 Å². The van der Waals surface area contributed by atoms with Gasteiger partial charge in [0, 0.05) is 30.0 Å². The minimum atomic E-state index is -4.65. The Morgan fingerprint density at radius 2 is 2.05 bits per heavy atom. The van der Waals surface area contributed by atoms with Crippen molar-refractivity contribution in [2.45, 2.75) is 18.8 Å². The number of anilines is 3. The molecule has 1 aromatic heterocycles. The number of carbonyl (C=O) groups excluding carboxylic acids is 1. The normalized spacial score (nSPS) is 17.0. The summed E-state index contributed by atoms with van der Waals surface area (Å²) in [4.78, 5) is 22.6. The van der Waals surface area contributed by atoms with Crippen LogP contribution in [0.1, 0.15) is 22.3 Å². The Labute approximate surface area is 213 Å². The summed E-state index contributed by atoms with van der Waals surface area (Å²) in [6, 6.07) is 7.32. The summed E-state index contributed by atoms with van der Waals surface area (Å²) in [5.41, 5.74) is -0.790. The summed E-state index contributed by atoms with van der Waals surface area (Å²) in [7, 11) is 0. The molecule has 37 heavy (non-hydrogen) atoms. The van der Waals surface area contributed by atoms with Crippen molar-refractivity contribution >= 4 is 34.7 Å². The molecule has 0 radical (unpaired) electrons. The molecule has 1 atom stereocenters. The largest absolute Gasteiger partial charge is 0.483 e. The number of hydrogen-bond donors (Lipinski definition) is 2. The van der Waals surface area contributed by atoms with Crippen LogP contribution in [0.2, 0.25) is 5.02 Å². The summed E-state index contributed by atoms with van der Waals surface area (Å²) in [5, 5.41) is 5.70. The molecule has 1 fully saturated rings. The average Bonchev–Trinajstić information content (AvgIpc) is 3.31. The van der Waals surface area contributed by atoms with Crippen molar-refractivity contribution in [3.8, 4) is 17.4 Å². The Hall–Kier alpha value is -3.80. The van der Waals surface area contributed by atoms with Gasteiger partial charge in [0.2, 0.25) is 5.75 Å². The van der Waals surface area contributed by atoms with Crippen LogP contribution < -0.4 is 25.0 Å². The van der Waals surface area contributed by atoms with Crippen LogP contribution in [0.25, 0.3) is 0 Å². The number of aromatic nitrogens is 2. The van der Waals surface area contributed by atoms with Gasteiger partial charge in [-0.05, 0) is 42.8 Å². The minimum Gasteiger partial charge on any atom is -0.483 e. The first-order valence-electron chi connectivity index (χ1n) is 11.3. The Morgan fingerprint density at radius 1 is 1.22 bits per heavy atom. The molecule has 8 nitrogen and oxygen atoms in total. The number of halogens is 5. The Bertz CT molecular complexity index is 1340. The lowest BCUT2D eigenvalue weighted by atomic mass is 10.1. The standard InChI is InChI=1S/C24H20ClF4N5O3/c25-18-2-1-13(7-19(18)37-23-20-21(31-12-32-23)30-4-6-36-20)22(35)33-16-8-14(24(27,28)29)9-17(10-16)34-5-3-15(26)11-34/h1-2,7-10,12,15H,3-6,11H2,(H,33,35)(H,30,31,32)/t15-/m1/s1. The van der Waals surface area contributed by atoms with Gasteiger partial charge < -0.3 is 25.0 Å². The first-order chi connectivity index (χ1) is 17.7. The molecule has 2 aromatic carbocycles. The second kappa shape index (κ2) is 9.92. The van der Waals surface area contributed by atoms with Gasteiger partial charge in [-0.15, -0.1) is 0 Å². The molecular weight excluding hydrogens is 518 g/mol. The fraction of sp³-hybridized carbons (Fsp3) is 0.292. The van der Waals surface area contributed by atoms with Gasteiger partial charge in [-0.3, -0.25) is 4.79 Å². The second-order valence-electron chi connectivity index (χ2n) is 8.43. The van der Waals surface area contributed by atoms with Gasteiger partial charge in [0.15, 0.2) is 5.82 Å². The summed E-state index contributed by atoms with van der Waals surface area (Å²) in [6.45, 7) is 1.19. The number of rotatable bonds is 5. The Morgan fingerprint density at radius 3 is 2.81 bits per heavy atom. The van der Waals surface area contributed by atoms with E-state index in [-0.39, 0.29) is 58.9 Å². The number of alkyl halides is 4. The van der Waals surface area contributed by atoms with E-state index in [0.717, 1.165) is 12.1 Å². The first kappa shape index (κ1) is 24.9. The predicted octanol–water partition coefficient (Wildman–Crippen LogP) is 5.55. The Kier molecular flexibility index (Phi) is 6.67. The van der Waals surface area contributed by atoms with Crippen LogP contribution in [0, 0.1) is 0 Å². The van der Waals surface area contributed by atoms with Crippen molar-refractivity contribution in [1.29, 1.82) is 0 Å². The lowest BCUT2D eigenvalue weighted by Crippen LogP contribution is -2.21. The quantitative estimate of drug-likeness (QED) is 0.413. The molecule has 2 aliphatic heterocycles. The fourth-order valence-corrected chi connectivity index (χ4v) is 4.18. The lowest BCUT2D eigenvalue weighted by molar-refractivity contribution is -0.137. The van der Waals surface area contributed by atoms with E-state index in [1.807, 2.05) is 0 Å². The molecule has 3 aromatic rings. The molecule has 3 heterocycles. The topological polar surface area (TPSA) is 88.6 Å². The average molecular weight is 538 g/mol. The highest BCUT2D eigenvalue weighted by molar-refractivity contribution is 6.32. The van der Waals surface area contributed by atoms with Crippen LogP contribution in [0.4, 0.5) is 34.8 Å². The molecule has 1 saturated heterocycles. The zero-order valence-corrected chi connectivity index (χ0v) is 19.9. The maximum atomic E-state index is 13.7. The molecule has 0 aliphatic carbocycles. The summed E-state index contributed by atoms with van der Waals surface area (Å²) in [6.07, 6.45) is -4.28. The highest BCUT2D eigenvalue weighted by Crippen LogP contribution is 2.39. The van der Waals surface area contributed by atoms with Crippen LogP contribution in [0.5, 0.6) is 17.4 Å². The van der Waals surface area contributed by atoms with Crippen LogP contribution in [-0.4, -0.2) is 48.3 Å². The molecule has 0 unspecified atom stereocenters. The van der Waals surface area contributed by atoms with Crippen molar-refractivity contribution in [1.82, 2.24) is 9.97 Å². The summed E-state index contributed by atoms with van der Waals surface area (Å²) in [5.74, 6) is 0.197. The maximum Gasteiger partial charge on any atom is 0.416 e. The predicted molar refractivity (Wildman–Crippen MR) is 129 cm³/mol. The third-order valence-corrected chi connectivity index (χ3v) is 6.12. The monoisotopic (exact) mass is 537 g/mol. The molecule has 0 bridgehead atoms. The van der Waals surface area contributed by atoms with Crippen molar-refractivity contribution < 1.29 is 31.8 Å². The lowest BCUT2D eigenvalue weighted by Gasteiger charge is -2.21. The van der Waals surface area contributed by atoms with E-state index in [0.29, 0.717) is 19.0 Å². The third kappa shape index (κ3) is 5.48. The maximum absolute atomic E-state index is 13.7. The van der Waals surface area contributed by atoms with E-state index >= 15 is 0 Å². The molecule has 5 rings (SSSR count). The summed E-state index contributed by atoms with van der Waals surface area (Å²) >= 11 is 6.25. The zero-order valence-electron chi connectivity index (χ0n) is 19.1. The molecule has 194 valence electrons. The van der Waals surface area contributed by atoms with Gasteiger partial charge in [0.1, 0.15) is 24.9 Å². The van der Waals surface area contributed by atoms with Crippen LogP contribution in [0.15, 0.2) is 42.7 Å².